The molecule has 1 aliphatic rings. The Kier molecular flexibility index (Phi) is 2.93. The van der Waals surface area contributed by atoms with Gasteiger partial charge in [0.15, 0.2) is 0 Å². The third-order valence-electron chi connectivity index (χ3n) is 2.97. The second-order valence-corrected chi connectivity index (χ2v) is 4.60. The topological polar surface area (TPSA) is 64.3 Å². The van der Waals surface area contributed by atoms with Gasteiger partial charge in [-0.05, 0) is 18.2 Å². The molecule has 18 heavy (non-hydrogen) atoms. The fourth-order valence-electron chi connectivity index (χ4n) is 2.12. The molecule has 0 aliphatic carbocycles. The largest absolute Gasteiger partial charge is 0.378 e. The highest BCUT2D eigenvalue weighted by Gasteiger charge is 2.16. The van der Waals surface area contributed by atoms with Crippen LogP contribution in [0.5, 0.6) is 0 Å². The molecule has 5 nitrogen and oxygen atoms in total. The molecule has 1 aromatic heterocycles. The maximum Gasteiger partial charge on any atom is 0.222 e. The van der Waals surface area contributed by atoms with Crippen molar-refractivity contribution >= 4 is 34.3 Å². The predicted octanol–water partition coefficient (Wildman–Crippen LogP) is 1.70. The number of halogens is 1. The van der Waals surface area contributed by atoms with Crippen molar-refractivity contribution in [3.8, 4) is 0 Å². The van der Waals surface area contributed by atoms with Crippen LogP contribution in [0.25, 0.3) is 10.9 Å². The van der Waals surface area contributed by atoms with E-state index in [1.807, 2.05) is 12.1 Å². The van der Waals surface area contributed by atoms with Crippen LogP contribution in [0.3, 0.4) is 0 Å². The van der Waals surface area contributed by atoms with Gasteiger partial charge in [0, 0.05) is 23.5 Å². The fourth-order valence-corrected chi connectivity index (χ4v) is 2.29. The maximum atomic E-state index is 5.97. The highest BCUT2D eigenvalue weighted by molar-refractivity contribution is 6.31. The number of benzene rings is 1. The Labute approximate surface area is 110 Å². The Morgan fingerprint density at radius 3 is 2.78 bits per heavy atom. The van der Waals surface area contributed by atoms with Gasteiger partial charge in [-0.1, -0.05) is 11.6 Å². The third-order valence-corrected chi connectivity index (χ3v) is 3.20. The summed E-state index contributed by atoms with van der Waals surface area (Å²) >= 11 is 5.97. The fraction of sp³-hybridized carbons (Fsp3) is 0.333. The van der Waals surface area contributed by atoms with Gasteiger partial charge in [0.1, 0.15) is 5.82 Å². The third kappa shape index (κ3) is 2.07. The van der Waals surface area contributed by atoms with Crippen molar-refractivity contribution in [3.63, 3.8) is 0 Å². The summed E-state index contributed by atoms with van der Waals surface area (Å²) in [5.74, 6) is 1.13. The zero-order valence-corrected chi connectivity index (χ0v) is 10.5. The number of morpholine rings is 1. The van der Waals surface area contributed by atoms with Gasteiger partial charge in [-0.3, -0.25) is 0 Å². The quantitative estimate of drug-likeness (QED) is 0.849. The molecule has 1 aromatic carbocycles. The van der Waals surface area contributed by atoms with Crippen LogP contribution in [0.2, 0.25) is 5.02 Å². The summed E-state index contributed by atoms with van der Waals surface area (Å²) in [7, 11) is 0. The van der Waals surface area contributed by atoms with Crippen molar-refractivity contribution < 1.29 is 4.74 Å². The van der Waals surface area contributed by atoms with Gasteiger partial charge in [0.25, 0.3) is 0 Å². The molecule has 0 saturated carbocycles. The molecule has 1 fully saturated rings. The Morgan fingerprint density at radius 1 is 1.22 bits per heavy atom. The number of ether oxygens (including phenoxy) is 1. The minimum absolute atomic E-state index is 0.270. The first-order chi connectivity index (χ1) is 8.74. The number of fused-ring (bicyclic) bond motifs is 1. The molecule has 6 heteroatoms. The lowest BCUT2D eigenvalue weighted by Gasteiger charge is -2.28. The normalized spacial score (nSPS) is 16.2. The van der Waals surface area contributed by atoms with Crippen LogP contribution in [0.4, 0.5) is 11.8 Å². The molecule has 0 bridgehead atoms. The van der Waals surface area contributed by atoms with Gasteiger partial charge in [-0.2, -0.15) is 4.98 Å². The molecule has 3 rings (SSSR count). The maximum absolute atomic E-state index is 5.97. The van der Waals surface area contributed by atoms with Gasteiger partial charge in [0.2, 0.25) is 5.95 Å². The van der Waals surface area contributed by atoms with E-state index in [2.05, 4.69) is 14.9 Å². The molecule has 1 aliphatic heterocycles. The molecule has 2 aromatic rings. The van der Waals surface area contributed by atoms with E-state index in [1.165, 1.54) is 0 Å². The summed E-state index contributed by atoms with van der Waals surface area (Å²) in [6.07, 6.45) is 0. The van der Waals surface area contributed by atoms with E-state index in [0.717, 1.165) is 29.8 Å². The molecule has 0 unspecified atom stereocenters. The lowest BCUT2D eigenvalue weighted by Crippen LogP contribution is -2.37. The first-order valence-electron chi connectivity index (χ1n) is 5.79. The highest BCUT2D eigenvalue weighted by atomic mass is 35.5. The lowest BCUT2D eigenvalue weighted by molar-refractivity contribution is 0.122. The van der Waals surface area contributed by atoms with E-state index in [0.29, 0.717) is 18.2 Å². The molecule has 2 N–H and O–H groups in total. The van der Waals surface area contributed by atoms with Crippen LogP contribution in [0.15, 0.2) is 18.2 Å². The Bertz CT molecular complexity index is 578. The van der Waals surface area contributed by atoms with E-state index in [1.54, 1.807) is 6.07 Å². The summed E-state index contributed by atoms with van der Waals surface area (Å²) in [5.41, 5.74) is 6.53. The number of aromatic nitrogens is 2. The van der Waals surface area contributed by atoms with E-state index in [-0.39, 0.29) is 5.95 Å². The molecule has 1 saturated heterocycles. The first kappa shape index (κ1) is 11.5. The number of nitrogen functional groups attached to an aromatic ring is 1. The van der Waals surface area contributed by atoms with Crippen molar-refractivity contribution in [2.75, 3.05) is 36.9 Å². The zero-order chi connectivity index (χ0) is 12.5. The summed E-state index contributed by atoms with van der Waals surface area (Å²) in [6, 6.07) is 5.58. The minimum atomic E-state index is 0.270. The molecular formula is C12H13ClN4O. The Balaban J connectivity index is 2.14. The van der Waals surface area contributed by atoms with Crippen molar-refractivity contribution in [2.24, 2.45) is 0 Å². The van der Waals surface area contributed by atoms with Crippen LogP contribution < -0.4 is 10.6 Å². The number of hydrogen-bond acceptors (Lipinski definition) is 5. The van der Waals surface area contributed by atoms with Gasteiger partial charge >= 0.3 is 0 Å². The average Bonchev–Trinajstić information content (AvgIpc) is 2.38. The van der Waals surface area contributed by atoms with E-state index in [4.69, 9.17) is 22.1 Å². The highest BCUT2D eigenvalue weighted by Crippen LogP contribution is 2.27. The van der Waals surface area contributed by atoms with Crippen molar-refractivity contribution in [3.05, 3.63) is 23.2 Å². The average molecular weight is 265 g/mol. The molecular weight excluding hydrogens is 252 g/mol. The van der Waals surface area contributed by atoms with Crippen LogP contribution in [0, 0.1) is 0 Å². The summed E-state index contributed by atoms with van der Waals surface area (Å²) in [4.78, 5) is 10.7. The molecule has 0 amide bonds. The second-order valence-electron chi connectivity index (χ2n) is 4.17. The standard InChI is InChI=1S/C12H13ClN4O/c13-8-1-2-9-10(7-8)15-12(14)16-11(9)17-3-5-18-6-4-17/h1-2,7H,3-6H2,(H2,14,15,16). The van der Waals surface area contributed by atoms with E-state index >= 15 is 0 Å². The Morgan fingerprint density at radius 2 is 2.00 bits per heavy atom. The molecule has 0 radical (unpaired) electrons. The number of hydrogen-bond donors (Lipinski definition) is 1. The molecule has 2 heterocycles. The van der Waals surface area contributed by atoms with Crippen LogP contribution in [-0.4, -0.2) is 36.3 Å². The smallest absolute Gasteiger partial charge is 0.222 e. The molecule has 0 atom stereocenters. The summed E-state index contributed by atoms with van der Waals surface area (Å²) < 4.78 is 5.35. The van der Waals surface area contributed by atoms with Crippen LogP contribution >= 0.6 is 11.6 Å². The van der Waals surface area contributed by atoms with Gasteiger partial charge in [-0.15, -0.1) is 0 Å². The Hall–Kier alpha value is -1.59. The number of nitrogens with zero attached hydrogens (tertiary/aromatic N) is 3. The zero-order valence-electron chi connectivity index (χ0n) is 9.77. The molecule has 94 valence electrons. The number of rotatable bonds is 1. The van der Waals surface area contributed by atoms with Gasteiger partial charge < -0.3 is 15.4 Å². The minimum Gasteiger partial charge on any atom is -0.378 e. The first-order valence-corrected chi connectivity index (χ1v) is 6.17. The summed E-state index contributed by atoms with van der Waals surface area (Å²) in [5, 5.41) is 1.61. The van der Waals surface area contributed by atoms with Crippen molar-refractivity contribution in [2.45, 2.75) is 0 Å². The van der Waals surface area contributed by atoms with Crippen LogP contribution in [0.1, 0.15) is 0 Å². The van der Waals surface area contributed by atoms with Crippen molar-refractivity contribution in [1.29, 1.82) is 0 Å². The van der Waals surface area contributed by atoms with E-state index in [9.17, 15) is 0 Å². The SMILES string of the molecule is Nc1nc(N2CCOCC2)c2ccc(Cl)cc2n1. The predicted molar refractivity (Wildman–Crippen MR) is 72.0 cm³/mol. The van der Waals surface area contributed by atoms with Crippen LogP contribution in [-0.2, 0) is 4.74 Å². The number of anilines is 2. The van der Waals surface area contributed by atoms with Crippen molar-refractivity contribution in [1.82, 2.24) is 9.97 Å². The lowest BCUT2D eigenvalue weighted by atomic mass is 10.2. The monoisotopic (exact) mass is 264 g/mol. The number of nitrogens with two attached hydrogens (primary N) is 1. The van der Waals surface area contributed by atoms with Gasteiger partial charge in [0.05, 0.1) is 18.7 Å². The van der Waals surface area contributed by atoms with E-state index < -0.39 is 0 Å². The molecule has 0 spiro atoms. The second kappa shape index (κ2) is 4.59. The van der Waals surface area contributed by atoms with Gasteiger partial charge in [-0.25, -0.2) is 4.98 Å². The summed E-state index contributed by atoms with van der Waals surface area (Å²) in [6.45, 7) is 3.04.